The summed E-state index contributed by atoms with van der Waals surface area (Å²) >= 11 is 0. The van der Waals surface area contributed by atoms with Crippen molar-refractivity contribution in [1.82, 2.24) is 20.0 Å². The van der Waals surface area contributed by atoms with Gasteiger partial charge in [-0.05, 0) is 26.0 Å². The van der Waals surface area contributed by atoms with Gasteiger partial charge in [-0.2, -0.15) is 25.4 Å². The van der Waals surface area contributed by atoms with Crippen LogP contribution in [0.4, 0.5) is 22.0 Å². The molecule has 0 atom stereocenters. The Bertz CT molecular complexity index is 1780. The molecule has 2 heterocycles. The maximum atomic E-state index is 14.0. The normalized spacial score (nSPS) is 9.28. The van der Waals surface area contributed by atoms with E-state index in [0.29, 0.717) is 10.4 Å². The number of aryl methyl sites for hydroxylation is 2. The van der Waals surface area contributed by atoms with Crippen LogP contribution in [0.15, 0.2) is 46.0 Å². The summed E-state index contributed by atoms with van der Waals surface area (Å²) in [7, 11) is 2.58. The Morgan fingerprint density at radius 2 is 1.23 bits per heavy atom. The van der Waals surface area contributed by atoms with Crippen molar-refractivity contribution < 1.29 is 36.1 Å². The van der Waals surface area contributed by atoms with Crippen LogP contribution in [-0.4, -0.2) is 34.2 Å². The van der Waals surface area contributed by atoms with Crippen molar-refractivity contribution in [1.29, 1.82) is 10.5 Å². The van der Waals surface area contributed by atoms with Crippen LogP contribution in [0, 0.1) is 65.6 Å². The van der Waals surface area contributed by atoms with Crippen molar-refractivity contribution in [3.8, 4) is 29.3 Å². The average molecular weight is 610 g/mol. The van der Waals surface area contributed by atoms with Crippen LogP contribution in [0.5, 0.6) is 11.5 Å². The third-order valence-corrected chi connectivity index (χ3v) is 4.86. The van der Waals surface area contributed by atoms with Gasteiger partial charge in [0.2, 0.25) is 0 Å². The van der Waals surface area contributed by atoms with E-state index in [1.165, 1.54) is 21.1 Å². The molecule has 0 unspecified atom stereocenters. The molecule has 0 aliphatic rings. The molecule has 0 saturated carbocycles. The lowest BCUT2D eigenvalue weighted by Crippen LogP contribution is -3.00. The van der Waals surface area contributed by atoms with Crippen LogP contribution in [0.25, 0.3) is 5.69 Å². The second kappa shape index (κ2) is 16.6. The molecular weight excluding hydrogens is 586 g/mol. The van der Waals surface area contributed by atoms with E-state index >= 15 is 0 Å². The van der Waals surface area contributed by atoms with Crippen LogP contribution >= 0.6 is 0 Å². The zero-order valence-electron chi connectivity index (χ0n) is 22.1. The van der Waals surface area contributed by atoms with Crippen molar-refractivity contribution in [3.05, 3.63) is 109 Å². The first-order chi connectivity index (χ1) is 19.4. The van der Waals surface area contributed by atoms with Gasteiger partial charge in [-0.15, -0.1) is 0 Å². The number of ether oxygens (including phenoxy) is 2. The van der Waals surface area contributed by atoms with Gasteiger partial charge in [0.05, 0.1) is 36.7 Å². The van der Waals surface area contributed by atoms with E-state index in [0.717, 1.165) is 36.4 Å². The van der Waals surface area contributed by atoms with Crippen molar-refractivity contribution in [2.45, 2.75) is 21.3 Å². The van der Waals surface area contributed by atoms with Gasteiger partial charge in [-0.3, -0.25) is 9.59 Å². The fraction of sp³-hybridized carbons (Fsp3) is 0.185. The van der Waals surface area contributed by atoms with Gasteiger partial charge in [0.15, 0.2) is 29.1 Å². The largest absolute Gasteiger partial charge is 1.00 e. The van der Waals surface area contributed by atoms with Crippen LogP contribution < -0.4 is 25.3 Å². The second-order valence-electron chi connectivity index (χ2n) is 7.73. The number of hydrogen-bond donors (Lipinski definition) is 1. The molecule has 16 heteroatoms. The highest BCUT2D eigenvalue weighted by Gasteiger charge is 2.16. The molecule has 43 heavy (non-hydrogen) atoms. The van der Waals surface area contributed by atoms with Crippen molar-refractivity contribution >= 4 is 0 Å². The topological polar surface area (TPSA) is 147 Å². The molecule has 0 fully saturated rings. The molecule has 228 valence electrons. The molecule has 0 spiro atoms. The quantitative estimate of drug-likeness (QED) is 0.343. The lowest BCUT2D eigenvalue weighted by molar-refractivity contribution is -0.0000131. The standard InChI is InChI=1S/C13H9F2N3O2.C8H5F2NO.C5H5FN2O.CH4.FH/c1-7-3-10(15)13(19)18(17-7)11-5-12(20-2)8(6-16)4-9(11)14;1-12-8-3-7(10)6(9)2-5(8)4-11;1-3-2-4(6)5(9)8-7-3;;/h3-5H,1-2H3;2-3H,1H3;2H,1H3,(H,8,9);1H4;1H/p-1. The number of aromatic nitrogens is 4. The zero-order chi connectivity index (χ0) is 30.9. The van der Waals surface area contributed by atoms with Gasteiger partial charge in [-0.1, -0.05) is 7.43 Å². The average Bonchev–Trinajstić information content (AvgIpc) is 2.94. The Kier molecular flexibility index (Phi) is 14.4. The number of hydrogen-bond acceptors (Lipinski definition) is 8. The highest BCUT2D eigenvalue weighted by atomic mass is 19.2. The van der Waals surface area contributed by atoms with E-state index in [4.69, 9.17) is 15.3 Å². The number of halogens is 6. The summed E-state index contributed by atoms with van der Waals surface area (Å²) in [6, 6.07) is 9.15. The Balaban J connectivity index is 0.000000657. The Hall–Kier alpha value is -5.64. The van der Waals surface area contributed by atoms with Crippen LogP contribution in [0.3, 0.4) is 0 Å². The molecule has 0 saturated heterocycles. The van der Waals surface area contributed by atoms with Gasteiger partial charge in [0.1, 0.15) is 29.3 Å². The highest BCUT2D eigenvalue weighted by Crippen LogP contribution is 2.24. The number of aromatic amines is 1. The number of nitrogens with zero attached hydrogens (tertiary/aromatic N) is 5. The Labute approximate surface area is 240 Å². The van der Waals surface area contributed by atoms with Crippen LogP contribution in [0.1, 0.15) is 29.9 Å². The number of benzene rings is 2. The van der Waals surface area contributed by atoms with E-state index in [1.807, 2.05) is 5.10 Å². The van der Waals surface area contributed by atoms with E-state index in [1.54, 1.807) is 19.1 Å². The summed E-state index contributed by atoms with van der Waals surface area (Å²) in [6.45, 7) is 3.07. The Morgan fingerprint density at radius 3 is 1.72 bits per heavy atom. The summed E-state index contributed by atoms with van der Waals surface area (Å²) in [5.74, 6) is -4.67. The van der Waals surface area contributed by atoms with Gasteiger partial charge >= 0.3 is 5.56 Å². The lowest BCUT2D eigenvalue weighted by Gasteiger charge is -2.10. The summed E-state index contributed by atoms with van der Waals surface area (Å²) in [5.41, 5.74) is -1.52. The summed E-state index contributed by atoms with van der Waals surface area (Å²) in [5, 5.41) is 26.5. The van der Waals surface area contributed by atoms with E-state index in [9.17, 15) is 31.5 Å². The molecule has 0 bridgehead atoms. The molecule has 1 N–H and O–H groups in total. The molecule has 0 radical (unpaired) electrons. The predicted octanol–water partition coefficient (Wildman–Crippen LogP) is 1.40. The summed E-state index contributed by atoms with van der Waals surface area (Å²) in [6.07, 6.45) is 0. The minimum absolute atomic E-state index is 0. The minimum atomic E-state index is -1.08. The fourth-order valence-electron chi connectivity index (χ4n) is 2.96. The molecule has 0 aliphatic heterocycles. The SMILES string of the molecule is C.COc1cc(-n2nc(C)cc(F)c2=O)c(F)cc1C#N.COc1cc(F)c(F)cc1C#N.Cc1cc(F)c(=O)[nH]n1.[F-]. The number of nitrogens with one attached hydrogen (secondary N) is 1. The molecule has 0 amide bonds. The first-order valence-corrected chi connectivity index (χ1v) is 11.1. The van der Waals surface area contributed by atoms with Gasteiger partial charge in [0.25, 0.3) is 5.56 Å². The maximum absolute atomic E-state index is 14.0. The lowest BCUT2D eigenvalue weighted by atomic mass is 10.2. The molecule has 4 rings (SSSR count). The van der Waals surface area contributed by atoms with Crippen LogP contribution in [-0.2, 0) is 0 Å². The summed E-state index contributed by atoms with van der Waals surface area (Å²) in [4.78, 5) is 22.0. The van der Waals surface area contributed by atoms with Crippen LogP contribution in [0.2, 0.25) is 0 Å². The first-order valence-electron chi connectivity index (χ1n) is 11.1. The summed E-state index contributed by atoms with van der Waals surface area (Å²) < 4.78 is 74.7. The van der Waals surface area contributed by atoms with Gasteiger partial charge in [0, 0.05) is 24.3 Å². The predicted molar refractivity (Wildman–Crippen MR) is 140 cm³/mol. The van der Waals surface area contributed by atoms with Crippen molar-refractivity contribution in [3.63, 3.8) is 0 Å². The molecule has 10 nitrogen and oxygen atoms in total. The van der Waals surface area contributed by atoms with E-state index < -0.39 is 40.2 Å². The number of rotatable bonds is 3. The third kappa shape index (κ3) is 9.46. The fourth-order valence-corrected chi connectivity index (χ4v) is 2.96. The molecule has 0 aliphatic carbocycles. The van der Waals surface area contributed by atoms with E-state index in [2.05, 4.69) is 14.9 Å². The third-order valence-electron chi connectivity index (χ3n) is 4.86. The molecular formula is C27H23F6N6O4-. The maximum Gasteiger partial charge on any atom is 0.307 e. The smallest absolute Gasteiger partial charge is 0.307 e. The monoisotopic (exact) mass is 609 g/mol. The Morgan fingerprint density at radius 1 is 0.744 bits per heavy atom. The van der Waals surface area contributed by atoms with Gasteiger partial charge in [-0.25, -0.2) is 27.1 Å². The molecule has 4 aromatic rings. The minimum Gasteiger partial charge on any atom is -1.00 e. The van der Waals surface area contributed by atoms with Gasteiger partial charge < -0.3 is 14.2 Å². The number of methoxy groups -OCH3 is 2. The molecule has 2 aromatic carbocycles. The van der Waals surface area contributed by atoms with Crippen molar-refractivity contribution in [2.75, 3.05) is 14.2 Å². The second-order valence-corrected chi connectivity index (χ2v) is 7.73. The highest BCUT2D eigenvalue weighted by molar-refractivity contribution is 5.51. The van der Waals surface area contributed by atoms with Crippen molar-refractivity contribution in [2.24, 2.45) is 0 Å². The number of nitriles is 2. The zero-order valence-corrected chi connectivity index (χ0v) is 22.1. The first kappa shape index (κ1) is 37.4. The number of H-pyrrole nitrogens is 1. The molecule has 2 aromatic heterocycles. The van der Waals surface area contributed by atoms with E-state index in [-0.39, 0.29) is 46.1 Å².